The topological polar surface area (TPSA) is 88.3 Å². The van der Waals surface area contributed by atoms with Crippen molar-refractivity contribution in [2.45, 2.75) is 31.9 Å². The summed E-state index contributed by atoms with van der Waals surface area (Å²) in [4.78, 5) is 18.4. The Kier molecular flexibility index (Phi) is 8.99. The van der Waals surface area contributed by atoms with Crippen LogP contribution >= 0.6 is 0 Å². The molecule has 0 bridgehead atoms. The molecule has 1 saturated heterocycles. The molecule has 1 aliphatic rings. The summed E-state index contributed by atoms with van der Waals surface area (Å²) in [6.07, 6.45) is 4.72. The SMILES string of the molecule is CN=C(NCC(=O)NCc1ccco1)N1CCC(OCCCOC)CC1. The second kappa shape index (κ2) is 11.5. The fourth-order valence-corrected chi connectivity index (χ4v) is 2.84. The molecular formula is C18H30N4O4. The molecule has 0 atom stereocenters. The first-order chi connectivity index (χ1) is 12.7. The summed E-state index contributed by atoms with van der Waals surface area (Å²) in [7, 11) is 3.44. The lowest BCUT2D eigenvalue weighted by molar-refractivity contribution is -0.120. The molecule has 1 aliphatic heterocycles. The van der Waals surface area contributed by atoms with Gasteiger partial charge < -0.3 is 29.4 Å². The molecule has 0 saturated carbocycles. The van der Waals surface area contributed by atoms with Crippen LogP contribution in [0.25, 0.3) is 0 Å². The van der Waals surface area contributed by atoms with Crippen LogP contribution in [0.4, 0.5) is 0 Å². The average molecular weight is 366 g/mol. The second-order valence-electron chi connectivity index (χ2n) is 6.16. The van der Waals surface area contributed by atoms with E-state index in [4.69, 9.17) is 13.9 Å². The van der Waals surface area contributed by atoms with Crippen LogP contribution < -0.4 is 10.6 Å². The Balaban J connectivity index is 1.63. The van der Waals surface area contributed by atoms with Crippen LogP contribution in [0, 0.1) is 0 Å². The maximum absolute atomic E-state index is 11.9. The lowest BCUT2D eigenvalue weighted by Gasteiger charge is -2.34. The van der Waals surface area contributed by atoms with Gasteiger partial charge in [-0.25, -0.2) is 0 Å². The van der Waals surface area contributed by atoms with Crippen molar-refractivity contribution in [2.24, 2.45) is 4.99 Å². The lowest BCUT2D eigenvalue weighted by Crippen LogP contribution is -2.49. The third-order valence-electron chi connectivity index (χ3n) is 4.25. The Morgan fingerprint density at radius 2 is 2.15 bits per heavy atom. The molecule has 8 nitrogen and oxygen atoms in total. The van der Waals surface area contributed by atoms with E-state index in [1.165, 1.54) is 0 Å². The van der Waals surface area contributed by atoms with Gasteiger partial charge in [0.15, 0.2) is 5.96 Å². The number of furan rings is 1. The van der Waals surface area contributed by atoms with Gasteiger partial charge in [-0.1, -0.05) is 0 Å². The van der Waals surface area contributed by atoms with Crippen LogP contribution in [0.5, 0.6) is 0 Å². The van der Waals surface area contributed by atoms with Crippen molar-refractivity contribution < 1.29 is 18.7 Å². The molecule has 0 aromatic carbocycles. The van der Waals surface area contributed by atoms with Gasteiger partial charge >= 0.3 is 0 Å². The number of carbonyl (C=O) groups is 1. The first-order valence-electron chi connectivity index (χ1n) is 9.08. The van der Waals surface area contributed by atoms with Crippen LogP contribution in [0.2, 0.25) is 0 Å². The highest BCUT2D eigenvalue weighted by molar-refractivity contribution is 5.86. The highest BCUT2D eigenvalue weighted by Crippen LogP contribution is 2.14. The number of hydrogen-bond donors (Lipinski definition) is 2. The smallest absolute Gasteiger partial charge is 0.239 e. The van der Waals surface area contributed by atoms with Crippen molar-refractivity contribution >= 4 is 11.9 Å². The van der Waals surface area contributed by atoms with Crippen molar-refractivity contribution in [1.29, 1.82) is 0 Å². The summed E-state index contributed by atoms with van der Waals surface area (Å²) in [5.74, 6) is 1.38. The summed E-state index contributed by atoms with van der Waals surface area (Å²) in [6, 6.07) is 3.63. The molecule has 2 heterocycles. The number of ether oxygens (including phenoxy) is 2. The van der Waals surface area contributed by atoms with Gasteiger partial charge in [-0.15, -0.1) is 0 Å². The van der Waals surface area contributed by atoms with Crippen molar-refractivity contribution in [3.8, 4) is 0 Å². The van der Waals surface area contributed by atoms with Crippen LogP contribution in [0.1, 0.15) is 25.0 Å². The number of nitrogens with one attached hydrogen (secondary N) is 2. The Morgan fingerprint density at radius 3 is 2.81 bits per heavy atom. The first-order valence-corrected chi connectivity index (χ1v) is 9.08. The third-order valence-corrected chi connectivity index (χ3v) is 4.25. The van der Waals surface area contributed by atoms with E-state index in [1.807, 2.05) is 6.07 Å². The van der Waals surface area contributed by atoms with Gasteiger partial charge in [0, 0.05) is 40.5 Å². The second-order valence-corrected chi connectivity index (χ2v) is 6.16. The van der Waals surface area contributed by atoms with Gasteiger partial charge in [0.25, 0.3) is 0 Å². The van der Waals surface area contributed by atoms with E-state index in [0.29, 0.717) is 6.54 Å². The number of aliphatic imine (C=N–C) groups is 1. The van der Waals surface area contributed by atoms with Gasteiger partial charge in [-0.3, -0.25) is 9.79 Å². The normalized spacial score (nSPS) is 15.9. The predicted octanol–water partition coefficient (Wildman–Crippen LogP) is 0.989. The molecule has 2 rings (SSSR count). The van der Waals surface area contributed by atoms with Crippen molar-refractivity contribution in [1.82, 2.24) is 15.5 Å². The number of rotatable bonds is 9. The Hall–Kier alpha value is -2.06. The number of methoxy groups -OCH3 is 1. The number of guanidine groups is 1. The van der Waals surface area contributed by atoms with Gasteiger partial charge in [0.2, 0.25) is 5.91 Å². The van der Waals surface area contributed by atoms with Crippen LogP contribution in [-0.2, 0) is 20.8 Å². The van der Waals surface area contributed by atoms with Crippen LogP contribution in [0.15, 0.2) is 27.8 Å². The standard InChI is InChI=1S/C18H30N4O4/c1-19-18(21-14-17(23)20-13-16-5-3-11-26-16)22-8-6-15(7-9-22)25-12-4-10-24-2/h3,5,11,15H,4,6-10,12-14H2,1-2H3,(H,19,21)(H,20,23). The quantitative estimate of drug-likeness (QED) is 0.385. The molecule has 26 heavy (non-hydrogen) atoms. The largest absolute Gasteiger partial charge is 0.467 e. The Bertz CT molecular complexity index is 539. The summed E-state index contributed by atoms with van der Waals surface area (Å²) < 4.78 is 16.1. The van der Waals surface area contributed by atoms with Gasteiger partial charge in [0.1, 0.15) is 5.76 Å². The number of piperidine rings is 1. The molecule has 0 spiro atoms. The van der Waals surface area contributed by atoms with Crippen molar-refractivity contribution in [3.63, 3.8) is 0 Å². The fraction of sp³-hybridized carbons (Fsp3) is 0.667. The minimum Gasteiger partial charge on any atom is -0.467 e. The number of hydrogen-bond acceptors (Lipinski definition) is 5. The van der Waals surface area contributed by atoms with Crippen LogP contribution in [0.3, 0.4) is 0 Å². The molecule has 1 fully saturated rings. The van der Waals surface area contributed by atoms with Crippen molar-refractivity contribution in [3.05, 3.63) is 24.2 Å². The molecule has 8 heteroatoms. The lowest BCUT2D eigenvalue weighted by atomic mass is 10.1. The summed E-state index contributed by atoms with van der Waals surface area (Å²) in [5.41, 5.74) is 0. The maximum Gasteiger partial charge on any atom is 0.239 e. The Morgan fingerprint density at radius 1 is 1.35 bits per heavy atom. The van der Waals surface area contributed by atoms with E-state index in [0.717, 1.165) is 57.3 Å². The highest BCUT2D eigenvalue weighted by Gasteiger charge is 2.22. The van der Waals surface area contributed by atoms with Crippen LogP contribution in [-0.4, -0.2) is 69.9 Å². The highest BCUT2D eigenvalue weighted by atomic mass is 16.5. The number of amides is 1. The zero-order chi connectivity index (χ0) is 18.6. The first kappa shape index (κ1) is 20.3. The molecular weight excluding hydrogens is 336 g/mol. The fourth-order valence-electron chi connectivity index (χ4n) is 2.84. The molecule has 2 N–H and O–H groups in total. The molecule has 0 radical (unpaired) electrons. The predicted molar refractivity (Wildman–Crippen MR) is 99.0 cm³/mol. The Labute approximate surface area is 154 Å². The molecule has 0 aliphatic carbocycles. The maximum atomic E-state index is 11.9. The zero-order valence-electron chi connectivity index (χ0n) is 15.7. The number of nitrogens with zero attached hydrogens (tertiary/aromatic N) is 2. The van der Waals surface area contributed by atoms with E-state index >= 15 is 0 Å². The molecule has 146 valence electrons. The number of likely N-dealkylation sites (tertiary alicyclic amines) is 1. The summed E-state index contributed by atoms with van der Waals surface area (Å²) in [5, 5.41) is 5.93. The molecule has 1 amide bonds. The summed E-state index contributed by atoms with van der Waals surface area (Å²) >= 11 is 0. The van der Waals surface area contributed by atoms with Gasteiger partial charge in [-0.05, 0) is 31.4 Å². The summed E-state index contributed by atoms with van der Waals surface area (Å²) in [6.45, 7) is 3.77. The van der Waals surface area contributed by atoms with E-state index in [1.54, 1.807) is 26.5 Å². The van der Waals surface area contributed by atoms with Crippen molar-refractivity contribution in [2.75, 3.05) is 47.0 Å². The monoisotopic (exact) mass is 366 g/mol. The van der Waals surface area contributed by atoms with E-state index in [-0.39, 0.29) is 18.6 Å². The zero-order valence-corrected chi connectivity index (χ0v) is 15.7. The van der Waals surface area contributed by atoms with Gasteiger partial charge in [0.05, 0.1) is 25.5 Å². The minimum atomic E-state index is -0.0982. The third kappa shape index (κ3) is 7.05. The van der Waals surface area contributed by atoms with E-state index in [2.05, 4.69) is 20.5 Å². The van der Waals surface area contributed by atoms with E-state index in [9.17, 15) is 4.79 Å². The molecule has 1 aromatic heterocycles. The van der Waals surface area contributed by atoms with E-state index < -0.39 is 0 Å². The average Bonchev–Trinajstić information content (AvgIpc) is 3.19. The minimum absolute atomic E-state index is 0.0982. The number of carbonyl (C=O) groups excluding carboxylic acids is 1. The molecule has 1 aromatic rings. The van der Waals surface area contributed by atoms with Gasteiger partial charge in [-0.2, -0.15) is 0 Å². The molecule has 0 unspecified atom stereocenters.